The molecule has 0 saturated heterocycles. The van der Waals surface area contributed by atoms with E-state index in [0.29, 0.717) is 29.7 Å². The number of hydrogen-bond acceptors (Lipinski definition) is 5. The minimum Gasteiger partial charge on any atom is -0.464 e. The molecule has 0 radical (unpaired) electrons. The van der Waals surface area contributed by atoms with Crippen LogP contribution in [0.1, 0.15) is 43.9 Å². The van der Waals surface area contributed by atoms with E-state index in [9.17, 15) is 9.59 Å². The van der Waals surface area contributed by atoms with E-state index in [1.165, 1.54) is 0 Å². The van der Waals surface area contributed by atoms with E-state index in [1.54, 1.807) is 12.3 Å². The summed E-state index contributed by atoms with van der Waals surface area (Å²) in [4.78, 5) is 24.5. The van der Waals surface area contributed by atoms with Gasteiger partial charge in [-0.3, -0.25) is 4.79 Å². The molecule has 1 amide bonds. The molecule has 6 heteroatoms. The molecule has 0 aliphatic rings. The molecule has 3 aromatic rings. The second-order valence-electron chi connectivity index (χ2n) is 7.84. The summed E-state index contributed by atoms with van der Waals surface area (Å²) in [6.45, 7) is 8.55. The normalized spacial score (nSPS) is 12.0. The van der Waals surface area contributed by atoms with Crippen LogP contribution in [0.15, 0.2) is 32.0 Å². The van der Waals surface area contributed by atoms with Gasteiger partial charge in [0.1, 0.15) is 11.2 Å². The van der Waals surface area contributed by atoms with E-state index in [-0.39, 0.29) is 24.3 Å². The second kappa shape index (κ2) is 7.19. The molecule has 0 bridgehead atoms. The second-order valence-corrected chi connectivity index (χ2v) is 7.84. The quantitative estimate of drug-likeness (QED) is 0.531. The Hall–Kier alpha value is -2.60. The van der Waals surface area contributed by atoms with Crippen LogP contribution in [0, 0.1) is 6.92 Å². The molecule has 2 heterocycles. The minimum atomic E-state index is -0.515. The lowest BCUT2D eigenvalue weighted by Gasteiger charge is -2.16. The first-order chi connectivity index (χ1) is 12.7. The summed E-state index contributed by atoms with van der Waals surface area (Å²) in [5.41, 5.74) is 2.68. The maximum atomic E-state index is 12.4. The van der Waals surface area contributed by atoms with Gasteiger partial charge in [0.2, 0.25) is 5.91 Å². The van der Waals surface area contributed by atoms with Crippen molar-refractivity contribution in [1.29, 1.82) is 0 Å². The smallest absolute Gasteiger partial charge is 0.340 e. The Morgan fingerprint density at radius 1 is 1.19 bits per heavy atom. The average Bonchev–Trinajstić information content (AvgIpc) is 3.00. The fourth-order valence-corrected chi connectivity index (χ4v) is 3.23. The highest BCUT2D eigenvalue weighted by molar-refractivity contribution is 5.97. The molecule has 144 valence electrons. The number of aryl methyl sites for hydroxylation is 1. The largest absolute Gasteiger partial charge is 0.464 e. The number of nitrogens with one attached hydrogen (secondary N) is 1. The standard InChI is InChI=1S/C21H25NO5/c1-12-13-8-15-16(21(2,3)4)11-26-17(15)10-18(13)27-20(25)14(12)9-19(24)22-6-5-7-23/h8,10-11,23H,5-7,9H2,1-4H3,(H,22,24). The lowest BCUT2D eigenvalue weighted by Crippen LogP contribution is -2.29. The van der Waals surface area contributed by atoms with Crippen molar-refractivity contribution in [1.82, 2.24) is 5.32 Å². The van der Waals surface area contributed by atoms with Crippen molar-refractivity contribution in [3.05, 3.63) is 45.5 Å². The van der Waals surface area contributed by atoms with Crippen LogP contribution in [-0.2, 0) is 16.6 Å². The lowest BCUT2D eigenvalue weighted by atomic mass is 9.86. The van der Waals surface area contributed by atoms with Gasteiger partial charge in [-0.2, -0.15) is 0 Å². The van der Waals surface area contributed by atoms with E-state index in [1.807, 2.05) is 13.0 Å². The van der Waals surface area contributed by atoms with Crippen molar-refractivity contribution in [3.8, 4) is 0 Å². The summed E-state index contributed by atoms with van der Waals surface area (Å²) in [5, 5.41) is 13.3. The van der Waals surface area contributed by atoms with Crippen LogP contribution < -0.4 is 10.9 Å². The van der Waals surface area contributed by atoms with Gasteiger partial charge in [0.05, 0.1) is 18.2 Å². The molecule has 2 aromatic heterocycles. The third-order valence-electron chi connectivity index (χ3n) is 4.78. The van der Waals surface area contributed by atoms with Crippen LogP contribution in [0.4, 0.5) is 0 Å². The van der Waals surface area contributed by atoms with E-state index in [4.69, 9.17) is 13.9 Å². The average molecular weight is 371 g/mol. The molecule has 0 atom stereocenters. The van der Waals surface area contributed by atoms with Crippen LogP contribution in [0.25, 0.3) is 21.9 Å². The Morgan fingerprint density at radius 3 is 2.59 bits per heavy atom. The first kappa shape index (κ1) is 19.2. The Kier molecular flexibility index (Phi) is 5.11. The summed E-state index contributed by atoms with van der Waals surface area (Å²) in [6, 6.07) is 3.71. The number of carbonyl (C=O) groups excluding carboxylic acids is 1. The van der Waals surface area contributed by atoms with Crippen molar-refractivity contribution >= 4 is 27.8 Å². The van der Waals surface area contributed by atoms with Crippen LogP contribution >= 0.6 is 0 Å². The molecule has 0 spiro atoms. The van der Waals surface area contributed by atoms with Crippen molar-refractivity contribution in [3.63, 3.8) is 0 Å². The molecule has 0 fully saturated rings. The highest BCUT2D eigenvalue weighted by atomic mass is 16.4. The fourth-order valence-electron chi connectivity index (χ4n) is 3.23. The Morgan fingerprint density at radius 2 is 1.93 bits per heavy atom. The van der Waals surface area contributed by atoms with Gasteiger partial charge in [-0.15, -0.1) is 0 Å². The van der Waals surface area contributed by atoms with Crippen LogP contribution in [0.5, 0.6) is 0 Å². The molecule has 6 nitrogen and oxygen atoms in total. The number of amides is 1. The summed E-state index contributed by atoms with van der Waals surface area (Å²) in [6.07, 6.45) is 2.17. The van der Waals surface area contributed by atoms with Gasteiger partial charge in [0.15, 0.2) is 0 Å². The van der Waals surface area contributed by atoms with Crippen molar-refractivity contribution in [2.75, 3.05) is 13.2 Å². The van der Waals surface area contributed by atoms with E-state index in [0.717, 1.165) is 21.9 Å². The zero-order chi connectivity index (χ0) is 19.8. The maximum Gasteiger partial charge on any atom is 0.340 e. The summed E-state index contributed by atoms with van der Waals surface area (Å²) >= 11 is 0. The van der Waals surface area contributed by atoms with Gasteiger partial charge >= 0.3 is 5.63 Å². The van der Waals surface area contributed by atoms with E-state index < -0.39 is 5.63 Å². The number of carbonyl (C=O) groups is 1. The number of hydrogen-bond donors (Lipinski definition) is 2. The van der Waals surface area contributed by atoms with Gasteiger partial charge in [0, 0.05) is 35.6 Å². The number of fused-ring (bicyclic) bond motifs is 2. The van der Waals surface area contributed by atoms with Crippen LogP contribution in [0.3, 0.4) is 0 Å². The van der Waals surface area contributed by atoms with E-state index in [2.05, 4.69) is 26.1 Å². The summed E-state index contributed by atoms with van der Waals surface area (Å²) in [5.74, 6) is -0.266. The lowest BCUT2D eigenvalue weighted by molar-refractivity contribution is -0.120. The van der Waals surface area contributed by atoms with Crippen molar-refractivity contribution in [2.24, 2.45) is 0 Å². The predicted molar refractivity (Wildman–Crippen MR) is 104 cm³/mol. The van der Waals surface area contributed by atoms with Gasteiger partial charge in [-0.05, 0) is 30.4 Å². The molecular formula is C21H25NO5. The first-order valence-corrected chi connectivity index (χ1v) is 9.08. The SMILES string of the molecule is Cc1c(CC(=O)NCCCO)c(=O)oc2cc3occ(C(C)(C)C)c3cc12. The third-order valence-corrected chi connectivity index (χ3v) is 4.78. The molecule has 1 aromatic carbocycles. The van der Waals surface area contributed by atoms with Gasteiger partial charge in [0.25, 0.3) is 0 Å². The van der Waals surface area contributed by atoms with Gasteiger partial charge < -0.3 is 19.3 Å². The topological polar surface area (TPSA) is 92.7 Å². The third kappa shape index (κ3) is 3.76. The Bertz CT molecular complexity index is 1050. The van der Waals surface area contributed by atoms with Crippen LogP contribution in [0.2, 0.25) is 0 Å². The Labute approximate surface area is 157 Å². The number of aliphatic hydroxyl groups is 1. The van der Waals surface area contributed by atoms with Crippen molar-refractivity contribution < 1.29 is 18.7 Å². The predicted octanol–water partition coefficient (Wildman–Crippen LogP) is 3.19. The molecule has 0 unspecified atom stereocenters. The Balaban J connectivity index is 2.07. The van der Waals surface area contributed by atoms with Gasteiger partial charge in [-0.1, -0.05) is 20.8 Å². The molecule has 0 aliphatic heterocycles. The zero-order valence-corrected chi connectivity index (χ0v) is 16.1. The minimum absolute atomic E-state index is 0.00817. The fraction of sp³-hybridized carbons (Fsp3) is 0.429. The number of furan rings is 1. The first-order valence-electron chi connectivity index (χ1n) is 9.08. The molecule has 0 aliphatic carbocycles. The molecule has 0 saturated carbocycles. The molecule has 2 N–H and O–H groups in total. The van der Waals surface area contributed by atoms with Gasteiger partial charge in [-0.25, -0.2) is 4.79 Å². The molecular weight excluding hydrogens is 346 g/mol. The summed E-state index contributed by atoms with van der Waals surface area (Å²) in [7, 11) is 0. The number of aliphatic hydroxyl groups excluding tert-OH is 1. The monoisotopic (exact) mass is 371 g/mol. The number of benzene rings is 1. The van der Waals surface area contributed by atoms with Crippen molar-refractivity contribution in [2.45, 2.75) is 46.0 Å². The highest BCUT2D eigenvalue weighted by Gasteiger charge is 2.22. The molecule has 3 rings (SSSR count). The van der Waals surface area contributed by atoms with Crippen LogP contribution in [-0.4, -0.2) is 24.2 Å². The summed E-state index contributed by atoms with van der Waals surface area (Å²) < 4.78 is 11.1. The zero-order valence-electron chi connectivity index (χ0n) is 16.1. The highest BCUT2D eigenvalue weighted by Crippen LogP contribution is 2.35. The molecule has 27 heavy (non-hydrogen) atoms. The van der Waals surface area contributed by atoms with E-state index >= 15 is 0 Å². The maximum absolute atomic E-state index is 12.4. The number of rotatable bonds is 5.